The molecule has 0 spiro atoms. The topological polar surface area (TPSA) is 54.9 Å². The maximum atomic E-state index is 13.9. The third-order valence-electron chi connectivity index (χ3n) is 3.13. The number of halogens is 2. The van der Waals surface area contributed by atoms with Crippen molar-refractivity contribution < 1.29 is 4.39 Å². The van der Waals surface area contributed by atoms with E-state index in [0.29, 0.717) is 0 Å². The summed E-state index contributed by atoms with van der Waals surface area (Å²) < 4.78 is 14.9. The van der Waals surface area contributed by atoms with E-state index in [1.54, 1.807) is 6.07 Å². The van der Waals surface area contributed by atoms with Gasteiger partial charge in [-0.3, -0.25) is 14.3 Å². The Hall–Kier alpha value is -1.53. The van der Waals surface area contributed by atoms with Crippen LogP contribution in [-0.4, -0.2) is 21.1 Å². The highest BCUT2D eigenvalue weighted by atomic mass is 35.5. The highest BCUT2D eigenvalue weighted by molar-refractivity contribution is 7.99. The SMILES string of the molecule is CSC(C)Cn1c(=O)[nH]c(Cl)c(-c2ccccc2F)c1=O. The summed E-state index contributed by atoms with van der Waals surface area (Å²) in [5, 5.41) is -0.0819. The van der Waals surface area contributed by atoms with Crippen LogP contribution in [0.15, 0.2) is 33.9 Å². The van der Waals surface area contributed by atoms with Crippen molar-refractivity contribution in [1.29, 1.82) is 0 Å². The lowest BCUT2D eigenvalue weighted by atomic mass is 10.1. The van der Waals surface area contributed by atoms with Gasteiger partial charge in [-0.25, -0.2) is 9.18 Å². The molecule has 1 atom stereocenters. The van der Waals surface area contributed by atoms with E-state index in [1.165, 1.54) is 30.0 Å². The van der Waals surface area contributed by atoms with Gasteiger partial charge >= 0.3 is 5.69 Å². The molecule has 7 heteroatoms. The standard InChI is InChI=1S/C14H14ClFN2O2S/c1-8(21-2)7-18-13(19)11(12(15)17-14(18)20)9-5-3-4-6-10(9)16/h3-6,8H,7H2,1-2H3,(H,17,20). The van der Waals surface area contributed by atoms with Crippen molar-refractivity contribution in [2.75, 3.05) is 6.26 Å². The van der Waals surface area contributed by atoms with Gasteiger partial charge in [0.05, 0.1) is 5.56 Å². The highest BCUT2D eigenvalue weighted by Crippen LogP contribution is 2.24. The zero-order valence-corrected chi connectivity index (χ0v) is 13.1. The van der Waals surface area contributed by atoms with Gasteiger partial charge in [-0.05, 0) is 12.3 Å². The van der Waals surface area contributed by atoms with Gasteiger partial charge in [0.15, 0.2) is 0 Å². The smallest absolute Gasteiger partial charge is 0.297 e. The van der Waals surface area contributed by atoms with E-state index in [1.807, 2.05) is 13.2 Å². The average molecular weight is 329 g/mol. The summed E-state index contributed by atoms with van der Waals surface area (Å²) in [4.78, 5) is 26.8. The Kier molecular flexibility index (Phi) is 4.90. The lowest BCUT2D eigenvalue weighted by Gasteiger charge is -2.12. The van der Waals surface area contributed by atoms with Gasteiger partial charge < -0.3 is 0 Å². The fraction of sp³-hybridized carbons (Fsp3) is 0.286. The van der Waals surface area contributed by atoms with Gasteiger partial charge in [-0.15, -0.1) is 0 Å². The van der Waals surface area contributed by atoms with Crippen molar-refractivity contribution in [3.05, 3.63) is 56.1 Å². The molecular formula is C14H14ClFN2O2S. The number of rotatable bonds is 4. The number of benzene rings is 1. The molecule has 0 aliphatic carbocycles. The number of hydrogen-bond acceptors (Lipinski definition) is 3. The number of aromatic nitrogens is 2. The molecule has 2 rings (SSSR count). The van der Waals surface area contributed by atoms with Crippen LogP contribution in [0.1, 0.15) is 6.92 Å². The van der Waals surface area contributed by atoms with Gasteiger partial charge in [0.2, 0.25) is 0 Å². The highest BCUT2D eigenvalue weighted by Gasteiger charge is 2.18. The molecule has 0 aliphatic rings. The third kappa shape index (κ3) is 3.22. The monoisotopic (exact) mass is 328 g/mol. The number of nitrogens with zero attached hydrogens (tertiary/aromatic N) is 1. The van der Waals surface area contributed by atoms with Crippen LogP contribution in [0.4, 0.5) is 4.39 Å². The van der Waals surface area contributed by atoms with Crippen LogP contribution >= 0.6 is 23.4 Å². The molecule has 0 bridgehead atoms. The molecule has 0 saturated carbocycles. The third-order valence-corrected chi connectivity index (χ3v) is 4.36. The van der Waals surface area contributed by atoms with Gasteiger partial charge in [0, 0.05) is 17.4 Å². The van der Waals surface area contributed by atoms with E-state index in [2.05, 4.69) is 4.98 Å². The summed E-state index contributed by atoms with van der Waals surface area (Å²) in [5.74, 6) is -0.562. The number of nitrogens with one attached hydrogen (secondary N) is 1. The second-order valence-electron chi connectivity index (χ2n) is 4.56. The number of hydrogen-bond donors (Lipinski definition) is 1. The Morgan fingerprint density at radius 1 is 1.38 bits per heavy atom. The minimum atomic E-state index is -0.592. The average Bonchev–Trinajstić information content (AvgIpc) is 2.45. The number of H-pyrrole nitrogens is 1. The predicted octanol–water partition coefficient (Wildman–Crippen LogP) is 2.75. The Morgan fingerprint density at radius 2 is 2.05 bits per heavy atom. The first-order valence-electron chi connectivity index (χ1n) is 6.26. The normalized spacial score (nSPS) is 12.4. The first-order valence-corrected chi connectivity index (χ1v) is 7.92. The summed E-state index contributed by atoms with van der Waals surface area (Å²) in [6, 6.07) is 5.82. The first kappa shape index (κ1) is 15.9. The summed E-state index contributed by atoms with van der Waals surface area (Å²) in [5.41, 5.74) is -1.13. The molecule has 112 valence electrons. The Labute approximate surface area is 130 Å². The van der Waals surface area contributed by atoms with Crippen LogP contribution in [0.5, 0.6) is 0 Å². The Bertz CT molecular complexity index is 772. The molecule has 4 nitrogen and oxygen atoms in total. The quantitative estimate of drug-likeness (QED) is 0.878. The molecule has 0 saturated heterocycles. The minimum Gasteiger partial charge on any atom is -0.297 e. The zero-order chi connectivity index (χ0) is 15.6. The van der Waals surface area contributed by atoms with Crippen LogP contribution < -0.4 is 11.2 Å². The van der Waals surface area contributed by atoms with Crippen LogP contribution in [0.3, 0.4) is 0 Å². The van der Waals surface area contributed by atoms with Crippen molar-refractivity contribution in [2.45, 2.75) is 18.7 Å². The van der Waals surface area contributed by atoms with E-state index in [0.717, 1.165) is 4.57 Å². The van der Waals surface area contributed by atoms with Gasteiger partial charge in [0.1, 0.15) is 11.0 Å². The molecule has 21 heavy (non-hydrogen) atoms. The van der Waals surface area contributed by atoms with Crippen LogP contribution in [0.2, 0.25) is 5.15 Å². The molecule has 0 amide bonds. The van der Waals surface area contributed by atoms with Crippen molar-refractivity contribution >= 4 is 23.4 Å². The van der Waals surface area contributed by atoms with Crippen molar-refractivity contribution in [3.8, 4) is 11.1 Å². The number of thioether (sulfide) groups is 1. The van der Waals surface area contributed by atoms with Crippen LogP contribution in [-0.2, 0) is 6.54 Å². The molecule has 0 fully saturated rings. The fourth-order valence-electron chi connectivity index (χ4n) is 1.94. The zero-order valence-electron chi connectivity index (χ0n) is 11.5. The molecule has 1 N–H and O–H groups in total. The molecule has 1 unspecified atom stereocenters. The van der Waals surface area contributed by atoms with E-state index in [9.17, 15) is 14.0 Å². The van der Waals surface area contributed by atoms with Gasteiger partial charge in [-0.1, -0.05) is 36.7 Å². The Balaban J connectivity index is 2.68. The van der Waals surface area contributed by atoms with E-state index < -0.39 is 17.1 Å². The molecule has 2 aromatic rings. The van der Waals surface area contributed by atoms with Crippen molar-refractivity contribution in [1.82, 2.24) is 9.55 Å². The van der Waals surface area contributed by atoms with E-state index in [4.69, 9.17) is 11.6 Å². The summed E-state index contributed by atoms with van der Waals surface area (Å²) >= 11 is 7.47. The molecule has 1 aromatic heterocycles. The number of aromatic amines is 1. The molecule has 1 heterocycles. The predicted molar refractivity (Wildman–Crippen MR) is 84.7 cm³/mol. The molecule has 0 radical (unpaired) electrons. The second-order valence-corrected chi connectivity index (χ2v) is 6.22. The van der Waals surface area contributed by atoms with Crippen molar-refractivity contribution in [3.63, 3.8) is 0 Å². The maximum Gasteiger partial charge on any atom is 0.329 e. The molecular weight excluding hydrogens is 315 g/mol. The lowest BCUT2D eigenvalue weighted by molar-refractivity contribution is 0.619. The Morgan fingerprint density at radius 3 is 2.67 bits per heavy atom. The van der Waals surface area contributed by atoms with Crippen LogP contribution in [0.25, 0.3) is 11.1 Å². The lowest BCUT2D eigenvalue weighted by Crippen LogP contribution is -2.38. The van der Waals surface area contributed by atoms with E-state index >= 15 is 0 Å². The van der Waals surface area contributed by atoms with Gasteiger partial charge in [-0.2, -0.15) is 11.8 Å². The first-order chi connectivity index (χ1) is 9.95. The van der Waals surface area contributed by atoms with Crippen molar-refractivity contribution in [2.24, 2.45) is 0 Å². The summed E-state index contributed by atoms with van der Waals surface area (Å²) in [6.45, 7) is 2.13. The van der Waals surface area contributed by atoms with Gasteiger partial charge in [0.25, 0.3) is 5.56 Å². The summed E-state index contributed by atoms with van der Waals surface area (Å²) in [7, 11) is 0. The van der Waals surface area contributed by atoms with E-state index in [-0.39, 0.29) is 28.1 Å². The molecule has 1 aromatic carbocycles. The maximum absolute atomic E-state index is 13.9. The largest absolute Gasteiger partial charge is 0.329 e. The second kappa shape index (κ2) is 6.49. The summed E-state index contributed by atoms with van der Waals surface area (Å²) in [6.07, 6.45) is 1.89. The van der Waals surface area contributed by atoms with Crippen LogP contribution in [0, 0.1) is 5.82 Å². The fourth-order valence-corrected chi connectivity index (χ4v) is 2.50. The minimum absolute atomic E-state index is 0.0253. The molecule has 0 aliphatic heterocycles.